The van der Waals surface area contributed by atoms with Gasteiger partial charge in [0.05, 0.1) is 30.3 Å². The fourth-order valence-electron chi connectivity index (χ4n) is 3.28. The molecule has 158 valence electrons. The minimum Gasteiger partial charge on any atom is -0.329 e. The number of aryl methyl sites for hydroxylation is 1. The summed E-state index contributed by atoms with van der Waals surface area (Å²) in [5, 5.41) is 5.73. The summed E-state index contributed by atoms with van der Waals surface area (Å²) in [5.74, 6) is -0.561. The molecule has 1 aliphatic heterocycles. The zero-order valence-corrected chi connectivity index (χ0v) is 17.9. The van der Waals surface area contributed by atoms with Crippen molar-refractivity contribution in [1.29, 1.82) is 0 Å². The number of imide groups is 1. The van der Waals surface area contributed by atoms with Gasteiger partial charge in [-0.05, 0) is 35.9 Å². The largest absolute Gasteiger partial charge is 0.329 e. The van der Waals surface area contributed by atoms with Gasteiger partial charge < -0.3 is 10.6 Å². The van der Waals surface area contributed by atoms with Gasteiger partial charge in [-0.1, -0.05) is 28.1 Å². The molecular weight excluding hydrogens is 466 g/mol. The average molecular weight is 484 g/mol. The monoisotopic (exact) mass is 483 g/mol. The van der Waals surface area contributed by atoms with E-state index in [1.54, 1.807) is 36.4 Å². The maximum atomic E-state index is 12.6. The quantitative estimate of drug-likeness (QED) is 0.521. The smallest absolute Gasteiger partial charge is 0.324 e. The Bertz CT molecular complexity index is 1240. The number of nitrogens with zero attached hydrogens (tertiary/aromatic N) is 3. The zero-order valence-electron chi connectivity index (χ0n) is 16.3. The van der Waals surface area contributed by atoms with Crippen molar-refractivity contribution in [3.05, 3.63) is 69.2 Å². The third-order valence-corrected chi connectivity index (χ3v) is 5.35. The molecule has 0 spiro atoms. The first kappa shape index (κ1) is 20.7. The van der Waals surface area contributed by atoms with Gasteiger partial charge in [0, 0.05) is 23.1 Å². The van der Waals surface area contributed by atoms with Crippen molar-refractivity contribution < 1.29 is 14.4 Å². The van der Waals surface area contributed by atoms with Crippen LogP contribution in [0.15, 0.2) is 58.1 Å². The van der Waals surface area contributed by atoms with Crippen molar-refractivity contribution in [3.8, 4) is 0 Å². The Morgan fingerprint density at radius 3 is 2.77 bits per heavy atom. The number of anilines is 1. The molecule has 10 heteroatoms. The van der Waals surface area contributed by atoms with E-state index in [-0.39, 0.29) is 43.4 Å². The molecule has 3 aromatic rings. The van der Waals surface area contributed by atoms with Gasteiger partial charge >= 0.3 is 6.03 Å². The molecular formula is C21H18BrN5O4. The van der Waals surface area contributed by atoms with Gasteiger partial charge in [-0.3, -0.25) is 23.9 Å². The predicted molar refractivity (Wildman–Crippen MR) is 117 cm³/mol. The first-order valence-electron chi connectivity index (χ1n) is 9.52. The maximum absolute atomic E-state index is 12.6. The number of rotatable bonds is 6. The van der Waals surface area contributed by atoms with Crippen molar-refractivity contribution in [1.82, 2.24) is 19.8 Å². The average Bonchev–Trinajstić information content (AvgIpc) is 3.06. The van der Waals surface area contributed by atoms with Gasteiger partial charge in [-0.25, -0.2) is 9.78 Å². The molecule has 0 aliphatic carbocycles. The predicted octanol–water partition coefficient (Wildman–Crippen LogP) is 2.24. The minimum atomic E-state index is -0.430. The highest BCUT2D eigenvalue weighted by Crippen LogP contribution is 2.16. The third kappa shape index (κ3) is 4.64. The Labute approximate surface area is 185 Å². The van der Waals surface area contributed by atoms with Crippen LogP contribution in [0.2, 0.25) is 0 Å². The number of nitrogens with one attached hydrogen (secondary N) is 2. The van der Waals surface area contributed by atoms with Crippen LogP contribution >= 0.6 is 15.9 Å². The molecule has 0 atom stereocenters. The standard InChI is InChI=1S/C21H18BrN5O4/c22-14-4-5-17-16(9-14)20(30)26(12-24-17)7-6-18(28)25-15-3-1-2-13(8-15)11-27-19(29)10-23-21(27)31/h1-5,8-9,12H,6-7,10-11H2,(H,23,31)(H,25,28). The molecule has 0 unspecified atom stereocenters. The van der Waals surface area contributed by atoms with Crippen molar-refractivity contribution in [2.75, 3.05) is 11.9 Å². The highest BCUT2D eigenvalue weighted by Gasteiger charge is 2.28. The van der Waals surface area contributed by atoms with Gasteiger partial charge in [-0.2, -0.15) is 0 Å². The number of aromatic nitrogens is 2. The maximum Gasteiger partial charge on any atom is 0.324 e. The number of fused-ring (bicyclic) bond motifs is 1. The number of hydrogen-bond acceptors (Lipinski definition) is 5. The summed E-state index contributed by atoms with van der Waals surface area (Å²) in [6.45, 7) is 0.305. The lowest BCUT2D eigenvalue weighted by Gasteiger charge is -2.13. The molecule has 2 N–H and O–H groups in total. The normalized spacial score (nSPS) is 13.5. The molecule has 0 radical (unpaired) electrons. The molecule has 4 rings (SSSR count). The van der Waals surface area contributed by atoms with Gasteiger partial charge in [0.2, 0.25) is 11.8 Å². The van der Waals surface area contributed by atoms with Gasteiger partial charge in [0.15, 0.2) is 0 Å². The second-order valence-corrected chi connectivity index (χ2v) is 7.96. The van der Waals surface area contributed by atoms with Crippen LogP contribution in [-0.2, 0) is 22.7 Å². The Hall–Kier alpha value is -3.53. The molecule has 0 bridgehead atoms. The summed E-state index contributed by atoms with van der Waals surface area (Å²) in [7, 11) is 0. The van der Waals surface area contributed by atoms with E-state index in [0.29, 0.717) is 22.2 Å². The summed E-state index contributed by atoms with van der Waals surface area (Å²) in [6, 6.07) is 11.8. The Kier molecular flexibility index (Phi) is 5.81. The Balaban J connectivity index is 1.40. The van der Waals surface area contributed by atoms with Crippen LogP contribution in [0.5, 0.6) is 0 Å². The van der Waals surface area contributed by atoms with E-state index < -0.39 is 6.03 Å². The van der Waals surface area contributed by atoms with Crippen LogP contribution in [0.4, 0.5) is 10.5 Å². The van der Waals surface area contributed by atoms with Crippen LogP contribution < -0.4 is 16.2 Å². The number of amides is 4. The molecule has 2 aromatic carbocycles. The van der Waals surface area contributed by atoms with Crippen molar-refractivity contribution in [2.24, 2.45) is 0 Å². The fraction of sp³-hybridized carbons (Fsp3) is 0.190. The van der Waals surface area contributed by atoms with E-state index in [1.807, 2.05) is 6.07 Å². The van der Waals surface area contributed by atoms with Gasteiger partial charge in [0.25, 0.3) is 5.56 Å². The van der Waals surface area contributed by atoms with Crippen molar-refractivity contribution in [3.63, 3.8) is 0 Å². The number of hydrogen-bond donors (Lipinski definition) is 2. The second-order valence-electron chi connectivity index (χ2n) is 7.04. The summed E-state index contributed by atoms with van der Waals surface area (Å²) in [6.07, 6.45) is 1.52. The number of carbonyl (C=O) groups is 3. The molecule has 0 saturated carbocycles. The van der Waals surface area contributed by atoms with Crippen molar-refractivity contribution in [2.45, 2.75) is 19.5 Å². The molecule has 1 saturated heterocycles. The molecule has 1 aliphatic rings. The summed E-state index contributed by atoms with van der Waals surface area (Å²) < 4.78 is 2.19. The van der Waals surface area contributed by atoms with Crippen LogP contribution in [0, 0.1) is 0 Å². The van der Waals surface area contributed by atoms with Gasteiger partial charge in [0.1, 0.15) is 0 Å². The number of carbonyl (C=O) groups excluding carboxylic acids is 3. The molecule has 9 nitrogen and oxygen atoms in total. The topological polar surface area (TPSA) is 113 Å². The summed E-state index contributed by atoms with van der Waals surface area (Å²) in [4.78, 5) is 53.8. The SMILES string of the molecule is O=C(CCn1cnc2ccc(Br)cc2c1=O)Nc1cccc(CN2C(=O)CNC2=O)c1. The highest BCUT2D eigenvalue weighted by molar-refractivity contribution is 9.10. The minimum absolute atomic E-state index is 0.00475. The van der Waals surface area contributed by atoms with E-state index in [9.17, 15) is 19.2 Å². The molecule has 2 heterocycles. The lowest BCUT2D eigenvalue weighted by molar-refractivity contribution is -0.125. The highest BCUT2D eigenvalue weighted by atomic mass is 79.9. The van der Waals surface area contributed by atoms with Crippen LogP contribution in [0.25, 0.3) is 10.9 Å². The Morgan fingerprint density at radius 1 is 1.16 bits per heavy atom. The lowest BCUT2D eigenvalue weighted by Crippen LogP contribution is -2.30. The number of urea groups is 1. The van der Waals surface area contributed by atoms with E-state index >= 15 is 0 Å². The second kappa shape index (κ2) is 8.68. The third-order valence-electron chi connectivity index (χ3n) is 4.85. The van der Waals surface area contributed by atoms with Gasteiger partial charge in [-0.15, -0.1) is 0 Å². The lowest BCUT2D eigenvalue weighted by atomic mass is 10.2. The first-order chi connectivity index (χ1) is 14.9. The molecule has 4 amide bonds. The Morgan fingerprint density at radius 2 is 2.00 bits per heavy atom. The van der Waals surface area contributed by atoms with Crippen LogP contribution in [0.3, 0.4) is 0 Å². The van der Waals surface area contributed by atoms with Crippen LogP contribution in [-0.4, -0.2) is 38.8 Å². The van der Waals surface area contributed by atoms with Crippen LogP contribution in [0.1, 0.15) is 12.0 Å². The number of halogens is 1. The molecule has 1 aromatic heterocycles. The molecule has 1 fully saturated rings. The first-order valence-corrected chi connectivity index (χ1v) is 10.3. The van der Waals surface area contributed by atoms with E-state index in [0.717, 1.165) is 9.37 Å². The summed E-state index contributed by atoms with van der Waals surface area (Å²) in [5.41, 5.74) is 1.64. The van der Waals surface area contributed by atoms with E-state index in [2.05, 4.69) is 31.5 Å². The zero-order chi connectivity index (χ0) is 22.0. The fourth-order valence-corrected chi connectivity index (χ4v) is 3.64. The van der Waals surface area contributed by atoms with Crippen molar-refractivity contribution >= 4 is 50.4 Å². The number of benzene rings is 2. The van der Waals surface area contributed by atoms with E-state index in [4.69, 9.17) is 0 Å². The van der Waals surface area contributed by atoms with E-state index in [1.165, 1.54) is 10.9 Å². The summed E-state index contributed by atoms with van der Waals surface area (Å²) >= 11 is 3.35. The molecule has 31 heavy (non-hydrogen) atoms.